The maximum Gasteiger partial charge on any atom is 0.212 e. The third-order valence-corrected chi connectivity index (χ3v) is 7.98. The second-order valence-electron chi connectivity index (χ2n) is 8.30. The van der Waals surface area contributed by atoms with Gasteiger partial charge in [-0.2, -0.15) is 10.2 Å². The van der Waals surface area contributed by atoms with Crippen LogP contribution in [0.4, 0.5) is 0 Å². The Hall–Kier alpha value is -2.06. The number of aromatic nitrogens is 4. The number of sulfonamides is 1. The molecule has 3 aromatic heterocycles. The monoisotopic (exact) mass is 399 g/mol. The molecule has 8 heteroatoms. The van der Waals surface area contributed by atoms with Crippen molar-refractivity contribution in [3.05, 3.63) is 30.4 Å². The lowest BCUT2D eigenvalue weighted by Gasteiger charge is -2.30. The van der Waals surface area contributed by atoms with E-state index in [4.69, 9.17) is 0 Å². The maximum absolute atomic E-state index is 12.4. The lowest BCUT2D eigenvalue weighted by atomic mass is 9.80. The molecule has 0 aromatic carbocycles. The summed E-state index contributed by atoms with van der Waals surface area (Å²) >= 11 is 0. The summed E-state index contributed by atoms with van der Waals surface area (Å²) in [6.07, 6.45) is 12.3. The van der Waals surface area contributed by atoms with E-state index in [1.807, 2.05) is 18.5 Å². The van der Waals surface area contributed by atoms with Crippen LogP contribution < -0.4 is 4.72 Å². The van der Waals surface area contributed by atoms with Gasteiger partial charge in [0.25, 0.3) is 0 Å². The molecule has 3 heterocycles. The van der Waals surface area contributed by atoms with E-state index in [9.17, 15) is 8.42 Å². The zero-order chi connectivity index (χ0) is 19.1. The number of aromatic amines is 1. The predicted octanol–water partition coefficient (Wildman–Crippen LogP) is 3.25. The van der Waals surface area contributed by atoms with Crippen molar-refractivity contribution >= 4 is 31.8 Å². The van der Waals surface area contributed by atoms with Gasteiger partial charge in [-0.15, -0.1) is 0 Å². The number of nitrogens with one attached hydrogen (secondary N) is 2. The number of nitrogens with zero attached hydrogens (tertiary/aromatic N) is 3. The Labute approximate surface area is 164 Å². The molecular weight excluding hydrogens is 374 g/mol. The highest BCUT2D eigenvalue weighted by Crippen LogP contribution is 2.39. The fourth-order valence-electron chi connectivity index (χ4n) is 4.64. The van der Waals surface area contributed by atoms with E-state index in [0.29, 0.717) is 5.92 Å². The van der Waals surface area contributed by atoms with Gasteiger partial charge in [-0.3, -0.25) is 0 Å². The van der Waals surface area contributed by atoms with Crippen molar-refractivity contribution < 1.29 is 8.42 Å². The molecule has 2 aliphatic rings. The van der Waals surface area contributed by atoms with Crippen molar-refractivity contribution in [1.82, 2.24) is 24.9 Å². The predicted molar refractivity (Wildman–Crippen MR) is 108 cm³/mol. The summed E-state index contributed by atoms with van der Waals surface area (Å²) in [5.41, 5.74) is 1.89. The summed E-state index contributed by atoms with van der Waals surface area (Å²) < 4.78 is 27.7. The topological polar surface area (TPSA) is 101 Å². The average Bonchev–Trinajstić information content (AvgIpc) is 3.14. The first kappa shape index (κ1) is 18.0. The fourth-order valence-corrected chi connectivity index (χ4v) is 6.43. The van der Waals surface area contributed by atoms with E-state index in [1.165, 1.54) is 0 Å². The zero-order valence-electron chi connectivity index (χ0n) is 15.8. The molecule has 3 aromatic rings. The van der Waals surface area contributed by atoms with Crippen LogP contribution in [0.15, 0.2) is 24.7 Å². The summed E-state index contributed by atoms with van der Waals surface area (Å²) in [6.45, 7) is 0. The first-order chi connectivity index (χ1) is 13.6. The molecule has 2 N–H and O–H groups in total. The Morgan fingerprint density at radius 3 is 2.68 bits per heavy atom. The van der Waals surface area contributed by atoms with Crippen LogP contribution in [-0.2, 0) is 10.0 Å². The molecule has 2 fully saturated rings. The van der Waals surface area contributed by atoms with E-state index >= 15 is 0 Å². The lowest BCUT2D eigenvalue weighted by molar-refractivity contribution is 0.340. The van der Waals surface area contributed by atoms with Gasteiger partial charge in [0.1, 0.15) is 5.65 Å². The summed E-state index contributed by atoms with van der Waals surface area (Å²) in [6, 6.07) is 2.21. The van der Waals surface area contributed by atoms with Crippen molar-refractivity contribution in [1.29, 1.82) is 0 Å². The first-order valence-corrected chi connectivity index (χ1v) is 11.8. The van der Waals surface area contributed by atoms with Crippen LogP contribution in [0.2, 0.25) is 0 Å². The van der Waals surface area contributed by atoms with Crippen molar-refractivity contribution in [3.8, 4) is 0 Å². The number of H-pyrrole nitrogens is 1. The molecule has 2 saturated carbocycles. The van der Waals surface area contributed by atoms with E-state index in [1.54, 1.807) is 6.20 Å². The third kappa shape index (κ3) is 3.39. The number of pyridine rings is 1. The Morgan fingerprint density at radius 1 is 1.11 bits per heavy atom. The summed E-state index contributed by atoms with van der Waals surface area (Å²) in [5.74, 6) is 0.796. The van der Waals surface area contributed by atoms with Crippen LogP contribution in [0.3, 0.4) is 0 Å². The van der Waals surface area contributed by atoms with Gasteiger partial charge in [0.15, 0.2) is 0 Å². The first-order valence-electron chi connectivity index (χ1n) is 10.2. The molecule has 2 aliphatic carbocycles. The van der Waals surface area contributed by atoms with Crippen molar-refractivity contribution in [2.45, 2.75) is 56.9 Å². The van der Waals surface area contributed by atoms with Gasteiger partial charge < -0.3 is 4.98 Å². The highest BCUT2D eigenvalue weighted by Gasteiger charge is 2.30. The number of fused-ring (bicyclic) bond motifs is 3. The van der Waals surface area contributed by atoms with E-state index < -0.39 is 10.0 Å². The zero-order valence-corrected chi connectivity index (χ0v) is 16.6. The minimum absolute atomic E-state index is 0.171. The second kappa shape index (κ2) is 7.08. The highest BCUT2D eigenvalue weighted by atomic mass is 32.2. The molecule has 0 saturated heterocycles. The molecular formula is C20H25N5O2S. The highest BCUT2D eigenvalue weighted by molar-refractivity contribution is 7.89. The average molecular weight is 400 g/mol. The molecule has 0 radical (unpaired) electrons. The Morgan fingerprint density at radius 2 is 1.93 bits per heavy atom. The SMILES string of the molecule is O=S(=O)(CC1CCC(c2nncc3cnc4[nH]ccc4c23)CC1)NC1CCC1. The van der Waals surface area contributed by atoms with E-state index in [0.717, 1.165) is 72.4 Å². The van der Waals surface area contributed by atoms with Crippen LogP contribution in [0.25, 0.3) is 21.8 Å². The van der Waals surface area contributed by atoms with Crippen LogP contribution >= 0.6 is 0 Å². The standard InChI is InChI=1S/C20H25N5O2S/c26-28(27,25-16-2-1-3-16)12-13-4-6-14(7-5-13)19-18-15(11-23-24-19)10-22-20-17(18)8-9-21-20/h8-11,13-14,16,25H,1-7,12H2,(H,21,22). The normalized spacial score (nSPS) is 23.9. The molecule has 28 heavy (non-hydrogen) atoms. The molecule has 148 valence electrons. The minimum atomic E-state index is -3.17. The summed E-state index contributed by atoms with van der Waals surface area (Å²) in [7, 11) is -3.17. The van der Waals surface area contributed by atoms with Crippen molar-refractivity contribution in [2.24, 2.45) is 5.92 Å². The molecule has 0 atom stereocenters. The number of hydrogen-bond donors (Lipinski definition) is 2. The smallest absolute Gasteiger partial charge is 0.212 e. The molecule has 0 spiro atoms. The largest absolute Gasteiger partial charge is 0.346 e. The second-order valence-corrected chi connectivity index (χ2v) is 10.1. The van der Waals surface area contributed by atoms with Crippen LogP contribution in [0.1, 0.15) is 56.6 Å². The number of hydrogen-bond acceptors (Lipinski definition) is 5. The van der Waals surface area contributed by atoms with Gasteiger partial charge >= 0.3 is 0 Å². The van der Waals surface area contributed by atoms with E-state index in [2.05, 4.69) is 24.9 Å². The molecule has 0 aliphatic heterocycles. The molecule has 0 unspecified atom stereocenters. The van der Waals surface area contributed by atoms with Crippen LogP contribution in [0.5, 0.6) is 0 Å². The summed E-state index contributed by atoms with van der Waals surface area (Å²) in [4.78, 5) is 7.61. The summed E-state index contributed by atoms with van der Waals surface area (Å²) in [5, 5.41) is 11.9. The Bertz CT molecular complexity index is 1100. The van der Waals surface area contributed by atoms with Gasteiger partial charge in [0, 0.05) is 40.5 Å². The van der Waals surface area contributed by atoms with Gasteiger partial charge in [0.05, 0.1) is 17.6 Å². The lowest BCUT2D eigenvalue weighted by Crippen LogP contribution is -2.42. The quantitative estimate of drug-likeness (QED) is 0.686. The minimum Gasteiger partial charge on any atom is -0.346 e. The third-order valence-electron chi connectivity index (χ3n) is 6.37. The van der Waals surface area contributed by atoms with E-state index in [-0.39, 0.29) is 17.7 Å². The van der Waals surface area contributed by atoms with Gasteiger partial charge in [-0.25, -0.2) is 18.1 Å². The van der Waals surface area contributed by atoms with Crippen LogP contribution in [0, 0.1) is 5.92 Å². The Balaban J connectivity index is 1.32. The molecule has 0 amide bonds. The van der Waals surface area contributed by atoms with Gasteiger partial charge in [-0.05, 0) is 50.5 Å². The van der Waals surface area contributed by atoms with Crippen LogP contribution in [-0.4, -0.2) is 40.4 Å². The molecule has 7 nitrogen and oxygen atoms in total. The number of rotatable bonds is 5. The van der Waals surface area contributed by atoms with Gasteiger partial charge in [-0.1, -0.05) is 6.42 Å². The van der Waals surface area contributed by atoms with Crippen molar-refractivity contribution in [2.75, 3.05) is 5.75 Å². The molecule has 5 rings (SSSR count). The maximum atomic E-state index is 12.4. The molecule has 0 bridgehead atoms. The van der Waals surface area contributed by atoms with Crippen molar-refractivity contribution in [3.63, 3.8) is 0 Å². The van der Waals surface area contributed by atoms with Gasteiger partial charge in [0.2, 0.25) is 10.0 Å². The fraction of sp³-hybridized carbons (Fsp3) is 0.550. The Kier molecular flexibility index (Phi) is 4.55.